The monoisotopic (exact) mass is 241 g/mol. The van der Waals surface area contributed by atoms with Crippen LogP contribution in [0.1, 0.15) is 19.4 Å². The molecule has 1 aromatic carbocycles. The van der Waals surface area contributed by atoms with Crippen molar-refractivity contribution in [3.8, 4) is 0 Å². The topological polar surface area (TPSA) is 26.0 Å². The molecule has 0 aliphatic heterocycles. The molecule has 1 aromatic rings. The molecule has 0 amide bonds. The van der Waals surface area contributed by atoms with E-state index in [0.717, 1.165) is 11.1 Å². The first-order valence-corrected chi connectivity index (χ1v) is 5.39. The number of benzene rings is 1. The minimum Gasteiger partial charge on any atom is -0.399 e. The largest absolute Gasteiger partial charge is 0.399 e. The molecule has 1 nitrogen and oxygen atoms in total. The zero-order chi connectivity index (χ0) is 11.4. The molecule has 0 spiro atoms. The van der Waals surface area contributed by atoms with Gasteiger partial charge in [-0.1, -0.05) is 41.4 Å². The Morgan fingerprint density at radius 2 is 1.73 bits per heavy atom. The third-order valence-electron chi connectivity index (χ3n) is 2.01. The minimum atomic E-state index is 0.574. The summed E-state index contributed by atoms with van der Waals surface area (Å²) in [6.45, 7) is 3.89. The summed E-state index contributed by atoms with van der Waals surface area (Å²) in [5.41, 5.74) is 8.03. The maximum absolute atomic E-state index is 6.10. The number of nitrogen functional groups attached to an aromatic ring is 1. The molecule has 0 radical (unpaired) electrons. The summed E-state index contributed by atoms with van der Waals surface area (Å²) in [5.74, 6) is 0. The molecule has 0 aromatic heterocycles. The van der Waals surface area contributed by atoms with Gasteiger partial charge in [0.25, 0.3) is 0 Å². The Balaban J connectivity index is 3.36. The van der Waals surface area contributed by atoms with Gasteiger partial charge in [0, 0.05) is 11.3 Å². The Morgan fingerprint density at radius 3 is 2.13 bits per heavy atom. The molecule has 0 atom stereocenters. The molecule has 0 saturated carbocycles. The van der Waals surface area contributed by atoms with Gasteiger partial charge in [0.1, 0.15) is 0 Å². The van der Waals surface area contributed by atoms with Gasteiger partial charge >= 0.3 is 0 Å². The van der Waals surface area contributed by atoms with Gasteiger partial charge in [-0.05, 0) is 31.6 Å². The van der Waals surface area contributed by atoms with E-state index in [9.17, 15) is 0 Å². The predicted molar refractivity (Wildman–Crippen MR) is 69.3 cm³/mol. The third kappa shape index (κ3) is 2.77. The van der Waals surface area contributed by atoms with Gasteiger partial charge < -0.3 is 5.73 Å². The van der Waals surface area contributed by atoms with Crippen molar-refractivity contribution in [1.82, 2.24) is 0 Å². The number of nitrogens with two attached hydrogens (primary N) is 1. The van der Waals surface area contributed by atoms with Gasteiger partial charge in [0.15, 0.2) is 0 Å². The van der Waals surface area contributed by atoms with E-state index in [1.807, 2.05) is 32.1 Å². The predicted octanol–water partition coefficient (Wildman–Crippen LogP) is 4.56. The average molecular weight is 242 g/mol. The summed E-state index contributed by atoms with van der Waals surface area (Å²) >= 11 is 12.2. The van der Waals surface area contributed by atoms with Gasteiger partial charge in [0.05, 0.1) is 10.0 Å². The van der Waals surface area contributed by atoms with Gasteiger partial charge in [-0.3, -0.25) is 0 Å². The second-order valence-electron chi connectivity index (χ2n) is 3.10. The van der Waals surface area contributed by atoms with Crippen molar-refractivity contribution < 1.29 is 0 Å². The third-order valence-corrected chi connectivity index (χ3v) is 2.61. The molecule has 0 heterocycles. The van der Waals surface area contributed by atoms with E-state index in [2.05, 4.69) is 0 Å². The fourth-order valence-corrected chi connectivity index (χ4v) is 2.09. The molecule has 1 rings (SSSR count). The molecule has 0 fully saturated rings. The smallest absolute Gasteiger partial charge is 0.0519 e. The van der Waals surface area contributed by atoms with Crippen LogP contribution >= 0.6 is 23.2 Å². The van der Waals surface area contributed by atoms with Crippen LogP contribution in [0, 0.1) is 0 Å². The summed E-state index contributed by atoms with van der Waals surface area (Å²) in [7, 11) is 0. The second kappa shape index (κ2) is 5.24. The molecule has 3 heteroatoms. The van der Waals surface area contributed by atoms with Crippen LogP contribution in [0.2, 0.25) is 10.0 Å². The standard InChI is InChI=1S/C12H13Cl2N/c1-3-5-8(4-2)12-10(13)6-9(15)7-11(12)14/h3-7H,15H2,1-2H3/b5-3-,8-4+. The number of rotatable bonds is 2. The van der Waals surface area contributed by atoms with Gasteiger partial charge in [-0.15, -0.1) is 0 Å². The van der Waals surface area contributed by atoms with Crippen LogP contribution in [-0.2, 0) is 0 Å². The van der Waals surface area contributed by atoms with Crippen LogP contribution in [0.5, 0.6) is 0 Å². The first-order valence-electron chi connectivity index (χ1n) is 4.64. The Morgan fingerprint density at radius 1 is 1.20 bits per heavy atom. The molecule has 0 saturated heterocycles. The first-order chi connectivity index (χ1) is 7.10. The maximum atomic E-state index is 6.10. The fraction of sp³-hybridized carbons (Fsp3) is 0.167. The highest BCUT2D eigenvalue weighted by Gasteiger charge is 2.09. The van der Waals surface area contributed by atoms with Crippen molar-refractivity contribution in [2.45, 2.75) is 13.8 Å². The quantitative estimate of drug-likeness (QED) is 0.597. The highest BCUT2D eigenvalue weighted by molar-refractivity contribution is 6.38. The minimum absolute atomic E-state index is 0.574. The Kier molecular flexibility index (Phi) is 4.25. The summed E-state index contributed by atoms with van der Waals surface area (Å²) in [5, 5.41) is 1.15. The van der Waals surface area contributed by atoms with Gasteiger partial charge in [0.2, 0.25) is 0 Å². The van der Waals surface area contributed by atoms with E-state index in [4.69, 9.17) is 28.9 Å². The van der Waals surface area contributed by atoms with Gasteiger partial charge in [-0.2, -0.15) is 0 Å². The van der Waals surface area contributed by atoms with Crippen LogP contribution in [0.15, 0.2) is 30.4 Å². The Bertz CT molecular complexity index is 397. The lowest BCUT2D eigenvalue weighted by Crippen LogP contribution is -1.90. The lowest BCUT2D eigenvalue weighted by Gasteiger charge is -2.08. The number of hydrogen-bond donors (Lipinski definition) is 1. The lowest BCUT2D eigenvalue weighted by molar-refractivity contribution is 1.57. The van der Waals surface area contributed by atoms with E-state index >= 15 is 0 Å². The van der Waals surface area contributed by atoms with Crippen molar-refractivity contribution in [1.29, 1.82) is 0 Å². The highest BCUT2D eigenvalue weighted by Crippen LogP contribution is 2.33. The molecular weight excluding hydrogens is 229 g/mol. The Hall–Kier alpha value is -0.920. The van der Waals surface area contributed by atoms with Crippen LogP contribution < -0.4 is 5.73 Å². The maximum Gasteiger partial charge on any atom is 0.0519 e. The number of anilines is 1. The SMILES string of the molecule is C/C=C\C(=C/C)c1c(Cl)cc(N)cc1Cl. The molecule has 0 unspecified atom stereocenters. The molecule has 80 valence electrons. The van der Waals surface area contributed by atoms with Crippen molar-refractivity contribution in [3.63, 3.8) is 0 Å². The summed E-state index contributed by atoms with van der Waals surface area (Å²) in [4.78, 5) is 0. The molecule has 0 aliphatic rings. The van der Waals surface area contributed by atoms with E-state index in [1.165, 1.54) is 0 Å². The van der Waals surface area contributed by atoms with Crippen LogP contribution in [0.4, 0.5) is 5.69 Å². The summed E-state index contributed by atoms with van der Waals surface area (Å²) in [6, 6.07) is 3.41. The molecule has 0 bridgehead atoms. The normalized spacial score (nSPS) is 12.4. The van der Waals surface area contributed by atoms with Crippen LogP contribution in [0.3, 0.4) is 0 Å². The van der Waals surface area contributed by atoms with E-state index < -0.39 is 0 Å². The highest BCUT2D eigenvalue weighted by atomic mass is 35.5. The fourth-order valence-electron chi connectivity index (χ4n) is 1.37. The van der Waals surface area contributed by atoms with Crippen molar-refractivity contribution in [3.05, 3.63) is 46.0 Å². The molecule has 2 N–H and O–H groups in total. The Labute approximate surface area is 100 Å². The van der Waals surface area contributed by atoms with Gasteiger partial charge in [-0.25, -0.2) is 0 Å². The summed E-state index contributed by atoms with van der Waals surface area (Å²) < 4.78 is 0. The summed E-state index contributed by atoms with van der Waals surface area (Å²) in [6.07, 6.45) is 5.87. The second-order valence-corrected chi connectivity index (χ2v) is 3.92. The average Bonchev–Trinajstić information content (AvgIpc) is 2.14. The molecular formula is C12H13Cl2N. The van der Waals surface area contributed by atoms with E-state index in [-0.39, 0.29) is 0 Å². The van der Waals surface area contributed by atoms with Crippen molar-refractivity contribution in [2.75, 3.05) is 5.73 Å². The molecule has 0 aliphatic carbocycles. The number of hydrogen-bond acceptors (Lipinski definition) is 1. The lowest BCUT2D eigenvalue weighted by atomic mass is 10.0. The van der Waals surface area contributed by atoms with Crippen molar-refractivity contribution >= 4 is 34.5 Å². The van der Waals surface area contributed by atoms with E-state index in [1.54, 1.807) is 12.1 Å². The number of allylic oxidation sites excluding steroid dienone is 4. The van der Waals surface area contributed by atoms with Crippen molar-refractivity contribution in [2.24, 2.45) is 0 Å². The first kappa shape index (κ1) is 12.2. The zero-order valence-electron chi connectivity index (χ0n) is 8.72. The molecule has 15 heavy (non-hydrogen) atoms. The van der Waals surface area contributed by atoms with Crippen LogP contribution in [0.25, 0.3) is 5.57 Å². The van der Waals surface area contributed by atoms with Crippen LogP contribution in [-0.4, -0.2) is 0 Å². The zero-order valence-corrected chi connectivity index (χ0v) is 10.2. The van der Waals surface area contributed by atoms with E-state index in [0.29, 0.717) is 15.7 Å². The number of halogens is 2.